The summed E-state index contributed by atoms with van der Waals surface area (Å²) in [6, 6.07) is 6.54. The van der Waals surface area contributed by atoms with Crippen molar-refractivity contribution in [1.29, 1.82) is 0 Å². The van der Waals surface area contributed by atoms with Gasteiger partial charge in [0.05, 0.1) is 6.04 Å². The summed E-state index contributed by atoms with van der Waals surface area (Å²) in [6.07, 6.45) is 1.01. The predicted molar refractivity (Wildman–Crippen MR) is 85.4 cm³/mol. The Morgan fingerprint density at radius 3 is 2.58 bits per heavy atom. The van der Waals surface area contributed by atoms with E-state index in [0.29, 0.717) is 0 Å². The molecule has 1 N–H and O–H groups in total. The van der Waals surface area contributed by atoms with Gasteiger partial charge in [-0.2, -0.15) is 0 Å². The second-order valence-electron chi connectivity index (χ2n) is 6.94. The highest BCUT2D eigenvalue weighted by atomic mass is 79.9. The molecule has 0 aromatic heterocycles. The zero-order valence-corrected chi connectivity index (χ0v) is 14.6. The fourth-order valence-electron chi connectivity index (χ4n) is 2.53. The van der Waals surface area contributed by atoms with Gasteiger partial charge in [-0.3, -0.25) is 0 Å². The van der Waals surface area contributed by atoms with Gasteiger partial charge in [-0.05, 0) is 55.9 Å². The molecule has 0 bridgehead atoms. The van der Waals surface area contributed by atoms with Crippen LogP contribution in [-0.2, 0) is 17.8 Å². The van der Waals surface area contributed by atoms with Crippen LogP contribution in [0, 0.1) is 5.41 Å². The summed E-state index contributed by atoms with van der Waals surface area (Å²) < 4.78 is 16.6. The molecule has 0 amide bonds. The first-order valence-electron chi connectivity index (χ1n) is 6.58. The number of fused-ring (bicyclic) bond motifs is 1. The smallest absolute Gasteiger partial charge is 0.136 e. The molecule has 4 heteroatoms. The molecule has 19 heavy (non-hydrogen) atoms. The summed E-state index contributed by atoms with van der Waals surface area (Å²) in [7, 11) is 0. The normalized spacial score (nSPS) is 23.2. The Morgan fingerprint density at radius 1 is 1.37 bits per heavy atom. The molecule has 1 aromatic rings. The van der Waals surface area contributed by atoms with Crippen LogP contribution < -0.4 is 4.72 Å². The van der Waals surface area contributed by atoms with Gasteiger partial charge in [0.15, 0.2) is 0 Å². The van der Waals surface area contributed by atoms with Crippen molar-refractivity contribution in [2.75, 3.05) is 0 Å². The Balaban J connectivity index is 2.30. The minimum Gasteiger partial charge on any atom is -0.598 e. The molecule has 0 aliphatic heterocycles. The van der Waals surface area contributed by atoms with Crippen LogP contribution in [0.5, 0.6) is 0 Å². The van der Waals surface area contributed by atoms with E-state index in [1.165, 1.54) is 11.1 Å². The molecule has 0 fully saturated rings. The lowest BCUT2D eigenvalue weighted by molar-refractivity contribution is 0.297. The molecular weight excluding hydrogens is 322 g/mol. The van der Waals surface area contributed by atoms with Crippen LogP contribution in [0.25, 0.3) is 0 Å². The monoisotopic (exact) mass is 343 g/mol. The van der Waals surface area contributed by atoms with Gasteiger partial charge in [0, 0.05) is 15.8 Å². The van der Waals surface area contributed by atoms with E-state index in [1.807, 2.05) is 20.8 Å². The van der Waals surface area contributed by atoms with E-state index in [2.05, 4.69) is 52.7 Å². The van der Waals surface area contributed by atoms with Crippen molar-refractivity contribution in [3.05, 3.63) is 33.8 Å². The van der Waals surface area contributed by atoms with Gasteiger partial charge >= 0.3 is 0 Å². The highest BCUT2D eigenvalue weighted by Crippen LogP contribution is 2.46. The zero-order chi connectivity index (χ0) is 14.4. The summed E-state index contributed by atoms with van der Waals surface area (Å²) in [5, 5.41) is 0. The molecule has 0 heterocycles. The molecule has 0 radical (unpaired) electrons. The van der Waals surface area contributed by atoms with E-state index in [9.17, 15) is 4.55 Å². The predicted octanol–water partition coefficient (Wildman–Crippen LogP) is 4.12. The van der Waals surface area contributed by atoms with Crippen LogP contribution in [0.4, 0.5) is 0 Å². The standard InChI is InChI=1S/C15H22BrNOS/c1-14(2,3)19(18)17-13-12-7-6-11(16)8-10(12)9-15(13,4)5/h6-8,13,17H,9H2,1-5H3/t13-,19?/m1/s1. The zero-order valence-electron chi connectivity index (χ0n) is 12.2. The van der Waals surface area contributed by atoms with Gasteiger partial charge in [-0.1, -0.05) is 35.8 Å². The van der Waals surface area contributed by atoms with E-state index in [1.54, 1.807) is 0 Å². The second-order valence-corrected chi connectivity index (χ2v) is 9.85. The summed E-state index contributed by atoms with van der Waals surface area (Å²) >= 11 is 2.48. The minimum absolute atomic E-state index is 0.0873. The first-order chi connectivity index (χ1) is 8.61. The minimum atomic E-state index is -1.05. The third-order valence-corrected chi connectivity index (χ3v) is 5.68. The van der Waals surface area contributed by atoms with Crippen LogP contribution in [-0.4, -0.2) is 9.30 Å². The van der Waals surface area contributed by atoms with Crippen LogP contribution in [0.1, 0.15) is 51.8 Å². The van der Waals surface area contributed by atoms with Gasteiger partial charge in [0.25, 0.3) is 0 Å². The maximum atomic E-state index is 12.4. The third kappa shape index (κ3) is 3.18. The molecule has 2 rings (SSSR count). The van der Waals surface area contributed by atoms with E-state index < -0.39 is 11.4 Å². The van der Waals surface area contributed by atoms with Gasteiger partial charge < -0.3 is 4.55 Å². The van der Waals surface area contributed by atoms with E-state index in [4.69, 9.17) is 0 Å². The molecule has 0 saturated heterocycles. The molecule has 2 atom stereocenters. The van der Waals surface area contributed by atoms with Crippen molar-refractivity contribution >= 4 is 27.3 Å². The van der Waals surface area contributed by atoms with Crippen LogP contribution in [0.2, 0.25) is 0 Å². The lowest BCUT2D eigenvalue weighted by Gasteiger charge is -2.32. The largest absolute Gasteiger partial charge is 0.598 e. The van der Waals surface area contributed by atoms with E-state index >= 15 is 0 Å². The number of hydrogen-bond acceptors (Lipinski definition) is 2. The summed E-state index contributed by atoms with van der Waals surface area (Å²) in [4.78, 5) is 0. The fraction of sp³-hybridized carbons (Fsp3) is 0.600. The lowest BCUT2D eigenvalue weighted by atomic mass is 9.86. The Hall–Kier alpha value is -0.0300. The van der Waals surface area contributed by atoms with E-state index in [0.717, 1.165) is 10.9 Å². The molecule has 1 unspecified atom stereocenters. The van der Waals surface area contributed by atoms with Crippen molar-refractivity contribution in [2.45, 2.75) is 51.8 Å². The molecule has 2 nitrogen and oxygen atoms in total. The maximum absolute atomic E-state index is 12.4. The molecule has 1 aliphatic rings. The number of hydrogen-bond donors (Lipinski definition) is 1. The highest BCUT2D eigenvalue weighted by molar-refractivity contribution is 9.10. The number of rotatable bonds is 2. The first-order valence-corrected chi connectivity index (χ1v) is 8.52. The average molecular weight is 344 g/mol. The van der Waals surface area contributed by atoms with Gasteiger partial charge in [0.1, 0.15) is 4.75 Å². The first kappa shape index (κ1) is 15.4. The summed E-state index contributed by atoms with van der Waals surface area (Å²) in [6.45, 7) is 10.5. The molecule has 0 spiro atoms. The molecule has 1 aliphatic carbocycles. The molecule has 0 saturated carbocycles. The third-order valence-electron chi connectivity index (χ3n) is 3.62. The van der Waals surface area contributed by atoms with Crippen molar-refractivity contribution in [3.8, 4) is 0 Å². The average Bonchev–Trinajstić information content (AvgIpc) is 2.47. The van der Waals surface area contributed by atoms with Crippen LogP contribution >= 0.6 is 15.9 Å². The van der Waals surface area contributed by atoms with Gasteiger partial charge in [0.2, 0.25) is 0 Å². The Morgan fingerprint density at radius 2 is 2.00 bits per heavy atom. The van der Waals surface area contributed by atoms with Crippen LogP contribution in [0.3, 0.4) is 0 Å². The number of halogens is 1. The van der Waals surface area contributed by atoms with Crippen molar-refractivity contribution in [3.63, 3.8) is 0 Å². The van der Waals surface area contributed by atoms with E-state index in [-0.39, 0.29) is 16.2 Å². The van der Waals surface area contributed by atoms with Crippen molar-refractivity contribution in [2.24, 2.45) is 5.41 Å². The fourth-order valence-corrected chi connectivity index (χ4v) is 3.95. The van der Waals surface area contributed by atoms with Crippen molar-refractivity contribution < 1.29 is 4.55 Å². The number of benzene rings is 1. The Bertz CT molecular complexity index is 482. The van der Waals surface area contributed by atoms with Crippen molar-refractivity contribution in [1.82, 2.24) is 4.72 Å². The quantitative estimate of drug-likeness (QED) is 0.819. The van der Waals surface area contributed by atoms with Gasteiger partial charge in [-0.25, -0.2) is 0 Å². The molecular formula is C15H22BrNOS. The van der Waals surface area contributed by atoms with Crippen LogP contribution in [0.15, 0.2) is 22.7 Å². The number of nitrogens with one attached hydrogen (secondary N) is 1. The summed E-state index contributed by atoms with van der Waals surface area (Å²) in [5.74, 6) is 0. The Kier molecular flexibility index (Phi) is 4.09. The molecule has 1 aromatic carbocycles. The topological polar surface area (TPSA) is 35.1 Å². The SMILES string of the molecule is CC1(C)Cc2cc(Br)ccc2[C@H]1N[S+]([O-])C(C)(C)C. The highest BCUT2D eigenvalue weighted by Gasteiger charge is 2.43. The second kappa shape index (κ2) is 5.06. The lowest BCUT2D eigenvalue weighted by Crippen LogP contribution is -2.44. The Labute approximate surface area is 127 Å². The summed E-state index contributed by atoms with van der Waals surface area (Å²) in [5.41, 5.74) is 2.72. The molecule has 106 valence electrons. The maximum Gasteiger partial charge on any atom is 0.136 e. The van der Waals surface area contributed by atoms with Gasteiger partial charge in [-0.15, -0.1) is 4.72 Å².